The summed E-state index contributed by atoms with van der Waals surface area (Å²) in [6.07, 6.45) is 0. The van der Waals surface area contributed by atoms with Crippen molar-refractivity contribution in [2.75, 3.05) is 12.4 Å². The maximum atomic E-state index is 13.6. The van der Waals surface area contributed by atoms with Crippen molar-refractivity contribution < 1.29 is 18.1 Å². The minimum atomic E-state index is -1.53. The molecule has 1 N–H and O–H groups in total. The number of carbonyl (C=O) groups is 1. The molecule has 2 aromatic carbocycles. The van der Waals surface area contributed by atoms with Crippen molar-refractivity contribution >= 4 is 22.4 Å². The van der Waals surface area contributed by atoms with Crippen molar-refractivity contribution in [3.63, 3.8) is 0 Å². The number of hydrogen-bond donors (Lipinski definition) is 1. The molecule has 0 aromatic heterocycles. The predicted molar refractivity (Wildman–Crippen MR) is 89.3 cm³/mol. The molecule has 2 rings (SSSR count). The molecule has 0 radical (unpaired) electrons. The smallest absolute Gasteiger partial charge is 0.239 e. The van der Waals surface area contributed by atoms with Gasteiger partial charge in [-0.2, -0.15) is 0 Å². The number of hydrogen-bond acceptors (Lipinski definition) is 3. The lowest BCUT2D eigenvalue weighted by atomic mass is 10.2. The first-order valence-corrected chi connectivity index (χ1v) is 8.45. The third kappa shape index (κ3) is 4.39. The van der Waals surface area contributed by atoms with Crippen LogP contribution in [0.15, 0.2) is 48.5 Å². The molecule has 4 nitrogen and oxygen atoms in total. The van der Waals surface area contributed by atoms with Crippen LogP contribution in [-0.2, 0) is 21.3 Å². The van der Waals surface area contributed by atoms with Crippen LogP contribution in [0, 0.1) is 5.82 Å². The molecule has 0 heterocycles. The molecule has 0 saturated heterocycles. The minimum absolute atomic E-state index is 0.00676. The van der Waals surface area contributed by atoms with E-state index >= 15 is 0 Å². The molecular formula is C17H18FNO3S. The van der Waals surface area contributed by atoms with Crippen LogP contribution >= 0.6 is 0 Å². The molecule has 0 saturated carbocycles. The molecule has 0 unspecified atom stereocenters. The fraction of sp³-hybridized carbons (Fsp3) is 0.235. The fourth-order valence-corrected chi connectivity index (χ4v) is 3.08. The van der Waals surface area contributed by atoms with Gasteiger partial charge in [-0.1, -0.05) is 30.3 Å². The Morgan fingerprint density at radius 2 is 1.87 bits per heavy atom. The van der Waals surface area contributed by atoms with Crippen LogP contribution in [-0.4, -0.2) is 22.5 Å². The van der Waals surface area contributed by atoms with E-state index in [0.717, 1.165) is 0 Å². The van der Waals surface area contributed by atoms with Crippen molar-refractivity contribution in [3.05, 3.63) is 59.9 Å². The van der Waals surface area contributed by atoms with Gasteiger partial charge in [-0.15, -0.1) is 0 Å². The van der Waals surface area contributed by atoms with Crippen molar-refractivity contribution in [1.82, 2.24) is 0 Å². The summed E-state index contributed by atoms with van der Waals surface area (Å²) < 4.78 is 31.1. The number of rotatable bonds is 6. The standard InChI is InChI=1S/C17H18FNO3S/c1-12(23(21)11-13-7-3-4-8-14(13)18)17(20)19-15-9-5-6-10-16(15)22-2/h3-10,12H,11H2,1-2H3,(H,19,20)/t12-,23-/m1/s1. The number of para-hydroxylation sites is 2. The zero-order chi connectivity index (χ0) is 16.8. The molecule has 1 amide bonds. The maximum absolute atomic E-state index is 13.6. The van der Waals surface area contributed by atoms with Gasteiger partial charge >= 0.3 is 0 Å². The highest BCUT2D eigenvalue weighted by atomic mass is 32.2. The van der Waals surface area contributed by atoms with Gasteiger partial charge in [0.2, 0.25) is 5.91 Å². The van der Waals surface area contributed by atoms with Gasteiger partial charge in [0, 0.05) is 16.4 Å². The summed E-state index contributed by atoms with van der Waals surface area (Å²) in [7, 11) is -0.0265. The van der Waals surface area contributed by atoms with Crippen molar-refractivity contribution in [3.8, 4) is 5.75 Å². The van der Waals surface area contributed by atoms with E-state index in [4.69, 9.17) is 4.74 Å². The highest BCUT2D eigenvalue weighted by Crippen LogP contribution is 2.23. The minimum Gasteiger partial charge on any atom is -0.495 e. The third-order valence-electron chi connectivity index (χ3n) is 3.38. The molecule has 2 aromatic rings. The summed E-state index contributed by atoms with van der Waals surface area (Å²) in [5.74, 6) is -0.303. The first-order chi connectivity index (χ1) is 11.0. The van der Waals surface area contributed by atoms with Crippen LogP contribution in [0.5, 0.6) is 5.75 Å². The Labute approximate surface area is 137 Å². The van der Waals surface area contributed by atoms with E-state index in [-0.39, 0.29) is 5.75 Å². The van der Waals surface area contributed by atoms with Crippen LogP contribution in [0.4, 0.5) is 10.1 Å². The van der Waals surface area contributed by atoms with E-state index in [0.29, 0.717) is 17.0 Å². The second-order valence-corrected chi connectivity index (χ2v) is 6.71. The van der Waals surface area contributed by atoms with Crippen LogP contribution in [0.25, 0.3) is 0 Å². The normalized spacial score (nSPS) is 13.2. The van der Waals surface area contributed by atoms with Gasteiger partial charge in [-0.3, -0.25) is 9.00 Å². The molecule has 23 heavy (non-hydrogen) atoms. The van der Waals surface area contributed by atoms with E-state index in [9.17, 15) is 13.4 Å². The lowest BCUT2D eigenvalue weighted by Gasteiger charge is -2.14. The highest BCUT2D eigenvalue weighted by Gasteiger charge is 2.22. The first kappa shape index (κ1) is 17.1. The summed E-state index contributed by atoms with van der Waals surface area (Å²) in [6.45, 7) is 1.56. The van der Waals surface area contributed by atoms with Crippen molar-refractivity contribution in [2.45, 2.75) is 17.9 Å². The van der Waals surface area contributed by atoms with Crippen molar-refractivity contribution in [1.29, 1.82) is 0 Å². The second kappa shape index (κ2) is 7.87. The van der Waals surface area contributed by atoms with Gasteiger partial charge in [0.15, 0.2) is 0 Å². The third-order valence-corrected chi connectivity index (χ3v) is 4.98. The Balaban J connectivity index is 2.04. The number of anilines is 1. The van der Waals surface area contributed by atoms with E-state index in [1.807, 2.05) is 0 Å². The molecule has 0 spiro atoms. The van der Waals surface area contributed by atoms with Gasteiger partial charge in [0.05, 0.1) is 18.6 Å². The van der Waals surface area contributed by atoms with Crippen molar-refractivity contribution in [2.24, 2.45) is 0 Å². The largest absolute Gasteiger partial charge is 0.495 e. The van der Waals surface area contributed by atoms with Gasteiger partial charge < -0.3 is 10.1 Å². The van der Waals surface area contributed by atoms with Crippen LogP contribution in [0.2, 0.25) is 0 Å². The monoisotopic (exact) mass is 335 g/mol. The fourth-order valence-electron chi connectivity index (χ4n) is 2.00. The van der Waals surface area contributed by atoms with Gasteiger partial charge in [0.25, 0.3) is 0 Å². The predicted octanol–water partition coefficient (Wildman–Crippen LogP) is 3.11. The number of methoxy groups -OCH3 is 1. The number of benzene rings is 2. The van der Waals surface area contributed by atoms with Gasteiger partial charge in [-0.25, -0.2) is 4.39 Å². The molecule has 2 atom stereocenters. The van der Waals surface area contributed by atoms with Crippen LogP contribution in [0.1, 0.15) is 12.5 Å². The quantitative estimate of drug-likeness (QED) is 0.882. The summed E-state index contributed by atoms with van der Waals surface area (Å²) in [5.41, 5.74) is 0.845. The molecule has 0 aliphatic heterocycles. The summed E-state index contributed by atoms with van der Waals surface area (Å²) in [5, 5.41) is 1.91. The summed E-state index contributed by atoms with van der Waals surface area (Å²) in [6, 6.07) is 13.1. The van der Waals surface area contributed by atoms with E-state index in [1.165, 1.54) is 13.2 Å². The highest BCUT2D eigenvalue weighted by molar-refractivity contribution is 7.85. The average Bonchev–Trinajstić information content (AvgIpc) is 2.56. The molecule has 0 aliphatic carbocycles. The number of nitrogens with one attached hydrogen (secondary N) is 1. The average molecular weight is 335 g/mol. The molecule has 122 valence electrons. The first-order valence-electron chi connectivity index (χ1n) is 7.07. The zero-order valence-corrected chi connectivity index (χ0v) is 13.7. The Bertz CT molecular complexity index is 720. The number of carbonyl (C=O) groups excluding carboxylic acids is 1. The van der Waals surface area contributed by atoms with Gasteiger partial charge in [-0.05, 0) is 25.1 Å². The summed E-state index contributed by atoms with van der Waals surface area (Å²) >= 11 is 0. The lowest BCUT2D eigenvalue weighted by Crippen LogP contribution is -2.30. The van der Waals surface area contributed by atoms with E-state index < -0.39 is 27.8 Å². The molecule has 6 heteroatoms. The number of halogens is 1. The van der Waals surface area contributed by atoms with Gasteiger partial charge in [0.1, 0.15) is 16.8 Å². The number of ether oxygens (including phenoxy) is 1. The Kier molecular flexibility index (Phi) is 5.87. The molecular weight excluding hydrogens is 317 g/mol. The molecule has 0 aliphatic rings. The Hall–Kier alpha value is -2.21. The Morgan fingerprint density at radius 1 is 1.22 bits per heavy atom. The van der Waals surface area contributed by atoms with E-state index in [1.54, 1.807) is 49.4 Å². The zero-order valence-electron chi connectivity index (χ0n) is 12.9. The van der Waals surface area contributed by atoms with Crippen LogP contribution in [0.3, 0.4) is 0 Å². The second-order valence-electron chi connectivity index (χ2n) is 4.95. The molecule has 0 fully saturated rings. The summed E-state index contributed by atoms with van der Waals surface area (Å²) in [4.78, 5) is 12.2. The molecule has 0 bridgehead atoms. The lowest BCUT2D eigenvalue weighted by molar-refractivity contribution is -0.115. The Morgan fingerprint density at radius 3 is 2.57 bits per heavy atom. The van der Waals surface area contributed by atoms with E-state index in [2.05, 4.69) is 5.32 Å². The SMILES string of the molecule is COc1ccccc1NC(=O)[C@@H](C)[S@](=O)Cc1ccccc1F. The topological polar surface area (TPSA) is 55.4 Å². The maximum Gasteiger partial charge on any atom is 0.239 e. The van der Waals surface area contributed by atoms with Crippen LogP contribution < -0.4 is 10.1 Å². The number of amides is 1.